The third kappa shape index (κ3) is 9.28. The fraction of sp³-hybridized carbons (Fsp3) is 0.433. The second-order valence-electron chi connectivity index (χ2n) is 12.1. The van der Waals surface area contributed by atoms with Gasteiger partial charge in [0, 0.05) is 51.1 Å². The van der Waals surface area contributed by atoms with Gasteiger partial charge in [-0.3, -0.25) is 4.72 Å². The van der Waals surface area contributed by atoms with Gasteiger partial charge in [0.05, 0.1) is 12.3 Å². The number of fused-ring (bicyclic) bond motifs is 1. The van der Waals surface area contributed by atoms with Gasteiger partial charge in [-0.1, -0.05) is 32.9 Å². The Balaban J connectivity index is 1.93. The van der Waals surface area contributed by atoms with Crippen LogP contribution in [0.2, 0.25) is 18.1 Å². The molecule has 46 heavy (non-hydrogen) atoms. The topological polar surface area (TPSA) is 166 Å². The highest BCUT2D eigenvalue weighted by atomic mass is 32.2. The van der Waals surface area contributed by atoms with Crippen LogP contribution in [0, 0.1) is 5.82 Å². The minimum atomic E-state index is -4.02. The van der Waals surface area contributed by atoms with Crippen LogP contribution in [0.5, 0.6) is 5.75 Å². The summed E-state index contributed by atoms with van der Waals surface area (Å²) in [5, 5.41) is 3.00. The first kappa shape index (κ1) is 36.5. The average Bonchev–Trinajstić information content (AvgIpc) is 2.96. The maximum absolute atomic E-state index is 15.4. The van der Waals surface area contributed by atoms with E-state index in [-0.39, 0.29) is 59.4 Å². The van der Waals surface area contributed by atoms with Gasteiger partial charge in [-0.15, -0.1) is 0 Å². The van der Waals surface area contributed by atoms with E-state index < -0.39 is 42.2 Å². The van der Waals surface area contributed by atoms with E-state index in [1.165, 1.54) is 56.4 Å². The highest BCUT2D eigenvalue weighted by molar-refractivity contribution is 7.90. The van der Waals surface area contributed by atoms with E-state index in [0.717, 1.165) is 0 Å². The van der Waals surface area contributed by atoms with Crippen molar-refractivity contribution in [2.45, 2.75) is 51.9 Å². The molecule has 0 saturated heterocycles. The summed E-state index contributed by atoms with van der Waals surface area (Å²) < 4.78 is 65.7. The van der Waals surface area contributed by atoms with Crippen LogP contribution in [0.15, 0.2) is 45.6 Å². The lowest BCUT2D eigenvalue weighted by molar-refractivity contribution is 0.121. The summed E-state index contributed by atoms with van der Waals surface area (Å²) in [4.78, 5) is 39.3. The Morgan fingerprint density at radius 3 is 2.39 bits per heavy atom. The van der Waals surface area contributed by atoms with Gasteiger partial charge in [-0.2, -0.15) is 8.42 Å². The van der Waals surface area contributed by atoms with Crippen LogP contribution in [0.25, 0.3) is 11.0 Å². The van der Waals surface area contributed by atoms with E-state index in [1.807, 2.05) is 4.72 Å². The lowest BCUT2D eigenvalue weighted by atomic mass is 9.97. The molecule has 3 aromatic rings. The summed E-state index contributed by atoms with van der Waals surface area (Å²) >= 11 is 0. The molecule has 0 aliphatic heterocycles. The number of ether oxygens (including phenoxy) is 2. The molecule has 0 saturated carbocycles. The van der Waals surface area contributed by atoms with Gasteiger partial charge in [0.1, 0.15) is 17.9 Å². The molecule has 0 unspecified atom stereocenters. The molecule has 1 heterocycles. The fourth-order valence-electron chi connectivity index (χ4n) is 3.96. The Bertz CT molecular complexity index is 1760. The van der Waals surface area contributed by atoms with Crippen LogP contribution in [-0.2, 0) is 32.3 Å². The molecular weight excluding hydrogens is 640 g/mol. The molecule has 3 N–H and O–H groups in total. The highest BCUT2D eigenvalue weighted by Crippen LogP contribution is 2.36. The predicted molar refractivity (Wildman–Crippen MR) is 174 cm³/mol. The number of nitrogens with zero attached hydrogens (tertiary/aromatic N) is 1. The number of nitrogens with one attached hydrogen (secondary N) is 3. The number of alkyl carbamates (subject to hydrolysis) is 1. The first-order valence-corrected chi connectivity index (χ1v) is 18.8. The highest BCUT2D eigenvalue weighted by Gasteiger charge is 2.37. The fourth-order valence-corrected chi connectivity index (χ4v) is 5.54. The second-order valence-corrected chi connectivity index (χ2v) is 18.6. The molecule has 1 aromatic heterocycles. The minimum Gasteiger partial charge on any atom is -0.447 e. The second kappa shape index (κ2) is 14.6. The van der Waals surface area contributed by atoms with Crippen molar-refractivity contribution in [1.82, 2.24) is 14.9 Å². The third-order valence-corrected chi connectivity index (χ3v) is 13.2. The molecule has 2 aromatic carbocycles. The SMILES string of the molecule is CNS(=O)(=O)Nc1cccc(Cc2c(CNC(=O)OCCO[Si](C)(C)C(C)(C)C)c3ccc(OC(=O)N(C)C)cc3oc2=O)c1F. The van der Waals surface area contributed by atoms with E-state index in [9.17, 15) is 22.8 Å². The molecular formula is C30H41FN4O9SSi. The summed E-state index contributed by atoms with van der Waals surface area (Å²) in [6, 6.07) is 8.45. The van der Waals surface area contributed by atoms with Crippen molar-refractivity contribution in [2.75, 3.05) is 39.1 Å². The van der Waals surface area contributed by atoms with Crippen molar-refractivity contribution in [1.29, 1.82) is 0 Å². The molecule has 0 aliphatic carbocycles. The van der Waals surface area contributed by atoms with E-state index in [0.29, 0.717) is 10.9 Å². The molecule has 16 heteroatoms. The van der Waals surface area contributed by atoms with E-state index in [4.69, 9.17) is 18.3 Å². The zero-order valence-electron chi connectivity index (χ0n) is 27.2. The maximum Gasteiger partial charge on any atom is 0.414 e. The molecule has 0 spiro atoms. The van der Waals surface area contributed by atoms with E-state index >= 15 is 4.39 Å². The van der Waals surface area contributed by atoms with Crippen LogP contribution in [-0.4, -0.2) is 68.2 Å². The minimum absolute atomic E-state index is 0.00398. The number of hydrogen-bond acceptors (Lipinski definition) is 9. The van der Waals surface area contributed by atoms with Crippen molar-refractivity contribution in [3.05, 3.63) is 69.3 Å². The number of carbonyl (C=O) groups excluding carboxylic acids is 2. The number of amides is 2. The lowest BCUT2D eigenvalue weighted by Gasteiger charge is -2.36. The van der Waals surface area contributed by atoms with Gasteiger partial charge >= 0.3 is 17.8 Å². The Morgan fingerprint density at radius 2 is 1.76 bits per heavy atom. The van der Waals surface area contributed by atoms with Crippen molar-refractivity contribution in [3.63, 3.8) is 0 Å². The first-order chi connectivity index (χ1) is 21.3. The van der Waals surface area contributed by atoms with Crippen LogP contribution in [0.4, 0.5) is 19.7 Å². The Hall–Kier alpha value is -3.99. The summed E-state index contributed by atoms with van der Waals surface area (Å²) in [6.45, 7) is 10.5. The summed E-state index contributed by atoms with van der Waals surface area (Å²) in [5.41, 5.74) is -0.802. The van der Waals surface area contributed by atoms with Gasteiger partial charge in [0.15, 0.2) is 14.1 Å². The predicted octanol–water partition coefficient (Wildman–Crippen LogP) is 4.71. The number of benzene rings is 2. The van der Waals surface area contributed by atoms with Gasteiger partial charge in [-0.25, -0.2) is 23.5 Å². The molecule has 0 aliphatic rings. The quantitative estimate of drug-likeness (QED) is 0.140. The molecule has 252 valence electrons. The molecule has 0 fully saturated rings. The van der Waals surface area contributed by atoms with Crippen LogP contribution in [0.3, 0.4) is 0 Å². The molecule has 0 atom stereocenters. The van der Waals surface area contributed by atoms with Crippen molar-refractivity contribution in [3.8, 4) is 5.75 Å². The standard InChI is InChI=1S/C30H41FN4O9SSi/c1-30(2,3)46(7,8)42-15-14-41-28(37)33-18-23-21-13-12-20(43-29(38)35(5)6)17-25(21)44-27(36)22(23)16-19-10-9-11-24(26(19)31)34-45(39,40)32-4/h9-13,17,32,34H,14-16,18H2,1-8H3,(H,33,37). The maximum atomic E-state index is 15.4. The van der Waals surface area contributed by atoms with Crippen LogP contribution in [0.1, 0.15) is 37.5 Å². The number of carbonyl (C=O) groups is 2. The third-order valence-electron chi connectivity index (χ3n) is 7.62. The zero-order valence-corrected chi connectivity index (χ0v) is 29.0. The van der Waals surface area contributed by atoms with Crippen LogP contribution < -0.4 is 25.1 Å². The molecule has 2 amide bonds. The average molecular weight is 681 g/mol. The smallest absolute Gasteiger partial charge is 0.414 e. The molecule has 0 radical (unpaired) electrons. The number of anilines is 1. The zero-order chi connectivity index (χ0) is 34.4. The number of rotatable bonds is 12. The van der Waals surface area contributed by atoms with E-state index in [2.05, 4.69) is 43.9 Å². The normalized spacial score (nSPS) is 12.1. The number of hydrogen-bond donors (Lipinski definition) is 3. The first-order valence-electron chi connectivity index (χ1n) is 14.4. The molecule has 0 bridgehead atoms. The largest absolute Gasteiger partial charge is 0.447 e. The van der Waals surface area contributed by atoms with Crippen molar-refractivity contribution >= 4 is 47.4 Å². The lowest BCUT2D eigenvalue weighted by Crippen LogP contribution is -2.41. The summed E-state index contributed by atoms with van der Waals surface area (Å²) in [5.74, 6) is -0.787. The summed E-state index contributed by atoms with van der Waals surface area (Å²) in [7, 11) is -1.87. The van der Waals surface area contributed by atoms with E-state index in [1.54, 1.807) is 6.07 Å². The Kier molecular flexibility index (Phi) is 11.6. The van der Waals surface area contributed by atoms with Crippen molar-refractivity contribution in [2.24, 2.45) is 0 Å². The van der Waals surface area contributed by atoms with Gasteiger partial charge in [0.25, 0.3) is 10.2 Å². The Morgan fingerprint density at radius 1 is 1.07 bits per heavy atom. The molecule has 3 rings (SSSR count). The summed E-state index contributed by atoms with van der Waals surface area (Å²) in [6.07, 6.45) is -1.72. The van der Waals surface area contributed by atoms with Crippen LogP contribution >= 0.6 is 0 Å². The van der Waals surface area contributed by atoms with Gasteiger partial charge < -0.3 is 28.5 Å². The Labute approximate surface area is 268 Å². The monoisotopic (exact) mass is 680 g/mol. The van der Waals surface area contributed by atoms with Gasteiger partial charge in [-0.05, 0) is 47.5 Å². The number of halogens is 1. The molecule has 13 nitrogen and oxygen atoms in total. The van der Waals surface area contributed by atoms with Gasteiger partial charge in [0.2, 0.25) is 0 Å². The van der Waals surface area contributed by atoms with Crippen molar-refractivity contribution < 1.29 is 40.7 Å².